The first kappa shape index (κ1) is 14.3. The van der Waals surface area contributed by atoms with Crippen LogP contribution in [0.5, 0.6) is 0 Å². The van der Waals surface area contributed by atoms with E-state index in [-0.39, 0.29) is 6.10 Å². The summed E-state index contributed by atoms with van der Waals surface area (Å²) >= 11 is 0. The highest BCUT2D eigenvalue weighted by molar-refractivity contribution is 5.17. The molecule has 21 heavy (non-hydrogen) atoms. The van der Waals surface area contributed by atoms with Gasteiger partial charge < -0.3 is 5.11 Å². The first-order chi connectivity index (χ1) is 10.2. The van der Waals surface area contributed by atoms with Crippen molar-refractivity contribution >= 4 is 0 Å². The smallest absolute Gasteiger partial charge is 0.0805 e. The number of aliphatic hydroxyl groups is 1. The van der Waals surface area contributed by atoms with Crippen LogP contribution in [0.15, 0.2) is 42.6 Å². The van der Waals surface area contributed by atoms with Crippen LogP contribution in [-0.4, -0.2) is 32.4 Å². The number of aliphatic hydroxyl groups excluding tert-OH is 1. The maximum atomic E-state index is 10.4. The summed E-state index contributed by atoms with van der Waals surface area (Å²) in [5, 5.41) is 14.7. The molecule has 0 radical (unpaired) electrons. The molecule has 1 saturated heterocycles. The lowest BCUT2D eigenvalue weighted by molar-refractivity contribution is 0.117. The minimum atomic E-state index is -0.372. The van der Waals surface area contributed by atoms with Crippen LogP contribution in [-0.2, 0) is 13.6 Å². The summed E-state index contributed by atoms with van der Waals surface area (Å²) < 4.78 is 1.93. The Hall–Kier alpha value is -1.65. The van der Waals surface area contributed by atoms with Crippen molar-refractivity contribution in [1.82, 2.24) is 14.7 Å². The van der Waals surface area contributed by atoms with Crippen LogP contribution in [0, 0.1) is 0 Å². The predicted octanol–water partition coefficient (Wildman–Crippen LogP) is 2.51. The van der Waals surface area contributed by atoms with Crippen molar-refractivity contribution in [3.05, 3.63) is 53.9 Å². The lowest BCUT2D eigenvalue weighted by Gasteiger charge is -2.26. The number of hydrogen-bond donors (Lipinski definition) is 1. The van der Waals surface area contributed by atoms with Crippen LogP contribution in [0.4, 0.5) is 0 Å². The van der Waals surface area contributed by atoms with Gasteiger partial charge in [-0.1, -0.05) is 30.3 Å². The van der Waals surface area contributed by atoms with Gasteiger partial charge in [-0.15, -0.1) is 0 Å². The zero-order valence-corrected chi connectivity index (χ0v) is 12.5. The van der Waals surface area contributed by atoms with Crippen molar-refractivity contribution in [2.75, 3.05) is 6.54 Å². The molecule has 0 amide bonds. The highest BCUT2D eigenvalue weighted by Crippen LogP contribution is 2.28. The van der Waals surface area contributed by atoms with Gasteiger partial charge in [-0.3, -0.25) is 9.58 Å². The van der Waals surface area contributed by atoms with Crippen LogP contribution in [0.2, 0.25) is 0 Å². The predicted molar refractivity (Wildman–Crippen MR) is 82.7 cm³/mol. The Kier molecular flexibility index (Phi) is 4.36. The van der Waals surface area contributed by atoms with Crippen LogP contribution in [0.1, 0.15) is 36.6 Å². The van der Waals surface area contributed by atoms with Gasteiger partial charge in [0, 0.05) is 25.8 Å². The van der Waals surface area contributed by atoms with E-state index >= 15 is 0 Å². The van der Waals surface area contributed by atoms with Gasteiger partial charge in [0.15, 0.2) is 0 Å². The van der Waals surface area contributed by atoms with Crippen molar-refractivity contribution in [2.24, 2.45) is 7.05 Å². The SMILES string of the molecule is Cn1nccc1CN1CCCC1CC(O)c1ccccc1. The Balaban J connectivity index is 1.63. The highest BCUT2D eigenvalue weighted by Gasteiger charge is 2.27. The molecule has 1 N–H and O–H groups in total. The number of nitrogens with zero attached hydrogens (tertiary/aromatic N) is 3. The molecule has 4 heteroatoms. The third-order valence-electron chi connectivity index (χ3n) is 4.47. The second-order valence-corrected chi connectivity index (χ2v) is 5.87. The summed E-state index contributed by atoms with van der Waals surface area (Å²) in [4.78, 5) is 2.48. The van der Waals surface area contributed by atoms with Crippen LogP contribution in [0.25, 0.3) is 0 Å². The summed E-state index contributed by atoms with van der Waals surface area (Å²) in [5.74, 6) is 0. The first-order valence-electron chi connectivity index (χ1n) is 7.68. The molecule has 1 fully saturated rings. The summed E-state index contributed by atoms with van der Waals surface area (Å²) in [5.41, 5.74) is 2.25. The summed E-state index contributed by atoms with van der Waals surface area (Å²) in [7, 11) is 1.99. The summed E-state index contributed by atoms with van der Waals surface area (Å²) in [6, 6.07) is 12.5. The van der Waals surface area contributed by atoms with Crippen molar-refractivity contribution in [1.29, 1.82) is 0 Å². The molecule has 2 unspecified atom stereocenters. The summed E-state index contributed by atoms with van der Waals surface area (Å²) in [6.07, 6.45) is 4.66. The maximum Gasteiger partial charge on any atom is 0.0805 e. The van der Waals surface area contributed by atoms with Gasteiger partial charge in [-0.25, -0.2) is 0 Å². The molecule has 112 valence electrons. The Morgan fingerprint density at radius 2 is 2.10 bits per heavy atom. The highest BCUT2D eigenvalue weighted by atomic mass is 16.3. The molecule has 2 heterocycles. The van der Waals surface area contributed by atoms with E-state index in [9.17, 15) is 5.11 Å². The van der Waals surface area contributed by atoms with E-state index in [4.69, 9.17) is 0 Å². The van der Waals surface area contributed by atoms with Gasteiger partial charge in [0.1, 0.15) is 0 Å². The molecule has 0 bridgehead atoms. The molecular weight excluding hydrogens is 262 g/mol. The number of rotatable bonds is 5. The third kappa shape index (κ3) is 3.34. The molecular formula is C17H23N3O. The van der Waals surface area contributed by atoms with E-state index in [1.54, 1.807) is 0 Å². The van der Waals surface area contributed by atoms with Gasteiger partial charge in [0.2, 0.25) is 0 Å². The summed E-state index contributed by atoms with van der Waals surface area (Å²) in [6.45, 7) is 2.03. The minimum Gasteiger partial charge on any atom is -0.388 e. The Morgan fingerprint density at radius 1 is 1.29 bits per heavy atom. The number of benzene rings is 1. The van der Waals surface area contributed by atoms with Gasteiger partial charge in [-0.2, -0.15) is 5.10 Å². The van der Waals surface area contributed by atoms with E-state index in [1.165, 1.54) is 18.5 Å². The Morgan fingerprint density at radius 3 is 2.81 bits per heavy atom. The van der Waals surface area contributed by atoms with Crippen molar-refractivity contribution in [3.63, 3.8) is 0 Å². The third-order valence-corrected chi connectivity index (χ3v) is 4.47. The van der Waals surface area contributed by atoms with E-state index in [0.29, 0.717) is 6.04 Å². The Labute approximate surface area is 126 Å². The van der Waals surface area contributed by atoms with Crippen LogP contribution < -0.4 is 0 Å². The lowest BCUT2D eigenvalue weighted by atomic mass is 10.0. The second kappa shape index (κ2) is 6.41. The first-order valence-corrected chi connectivity index (χ1v) is 7.68. The molecule has 0 saturated carbocycles. The topological polar surface area (TPSA) is 41.3 Å². The molecule has 1 aliphatic heterocycles. The average Bonchev–Trinajstić information content (AvgIpc) is 3.11. The van der Waals surface area contributed by atoms with Crippen LogP contribution >= 0.6 is 0 Å². The number of likely N-dealkylation sites (tertiary alicyclic amines) is 1. The monoisotopic (exact) mass is 285 g/mol. The molecule has 1 aliphatic rings. The lowest BCUT2D eigenvalue weighted by Crippen LogP contribution is -2.31. The van der Waals surface area contributed by atoms with E-state index in [1.807, 2.05) is 48.3 Å². The van der Waals surface area contributed by atoms with E-state index in [0.717, 1.165) is 25.1 Å². The fraction of sp³-hybridized carbons (Fsp3) is 0.471. The van der Waals surface area contributed by atoms with Gasteiger partial charge in [0.05, 0.1) is 11.8 Å². The molecule has 4 nitrogen and oxygen atoms in total. The number of aryl methyl sites for hydroxylation is 1. The average molecular weight is 285 g/mol. The quantitative estimate of drug-likeness (QED) is 0.917. The standard InChI is InChI=1S/C17H23N3O/c1-19-16(9-10-18-19)13-20-11-5-8-15(20)12-17(21)14-6-3-2-4-7-14/h2-4,6-7,9-10,15,17,21H,5,8,11-13H2,1H3. The van der Waals surface area contributed by atoms with Gasteiger partial charge in [0.25, 0.3) is 0 Å². The van der Waals surface area contributed by atoms with Gasteiger partial charge in [-0.05, 0) is 37.4 Å². The van der Waals surface area contributed by atoms with Crippen molar-refractivity contribution in [3.8, 4) is 0 Å². The zero-order valence-electron chi connectivity index (χ0n) is 12.5. The number of aromatic nitrogens is 2. The van der Waals surface area contributed by atoms with E-state index < -0.39 is 0 Å². The van der Waals surface area contributed by atoms with Gasteiger partial charge >= 0.3 is 0 Å². The van der Waals surface area contributed by atoms with E-state index in [2.05, 4.69) is 16.1 Å². The normalized spacial score (nSPS) is 20.8. The molecule has 1 aromatic heterocycles. The molecule has 0 spiro atoms. The van der Waals surface area contributed by atoms with Crippen LogP contribution in [0.3, 0.4) is 0 Å². The molecule has 3 rings (SSSR count). The second-order valence-electron chi connectivity index (χ2n) is 5.87. The largest absolute Gasteiger partial charge is 0.388 e. The maximum absolute atomic E-state index is 10.4. The van der Waals surface area contributed by atoms with Crippen molar-refractivity contribution < 1.29 is 5.11 Å². The molecule has 2 aromatic rings. The number of hydrogen-bond acceptors (Lipinski definition) is 3. The zero-order chi connectivity index (χ0) is 14.7. The fourth-order valence-electron chi connectivity index (χ4n) is 3.20. The molecule has 2 atom stereocenters. The van der Waals surface area contributed by atoms with Crippen molar-refractivity contribution in [2.45, 2.75) is 38.0 Å². The fourth-order valence-corrected chi connectivity index (χ4v) is 3.20. The molecule has 0 aliphatic carbocycles. The molecule has 1 aromatic carbocycles. The minimum absolute atomic E-state index is 0.372. The Bertz CT molecular complexity index is 566.